The summed E-state index contributed by atoms with van der Waals surface area (Å²) in [5.41, 5.74) is 7.59. The zero-order valence-electron chi connectivity index (χ0n) is 12.7. The Balaban J connectivity index is 0.00000161. The van der Waals surface area contributed by atoms with Gasteiger partial charge in [-0.1, -0.05) is 37.3 Å². The van der Waals surface area contributed by atoms with Gasteiger partial charge in [-0.25, -0.2) is 0 Å². The summed E-state index contributed by atoms with van der Waals surface area (Å²) in [5, 5.41) is 0. The number of halogens is 1. The maximum Gasteiger partial charge on any atom is 0.191 e. The van der Waals surface area contributed by atoms with Crippen LogP contribution in [-0.4, -0.2) is 30.5 Å². The predicted octanol–water partition coefficient (Wildman–Crippen LogP) is 3.45. The molecule has 2 unspecified atom stereocenters. The average Bonchev–Trinajstić information content (AvgIpc) is 3.26. The van der Waals surface area contributed by atoms with E-state index < -0.39 is 0 Å². The molecule has 0 radical (unpaired) electrons. The van der Waals surface area contributed by atoms with Gasteiger partial charge in [0, 0.05) is 19.6 Å². The number of rotatable bonds is 3. The molecule has 116 valence electrons. The summed E-state index contributed by atoms with van der Waals surface area (Å²) in [6.07, 6.45) is 3.75. The first-order chi connectivity index (χ1) is 9.74. The Bertz CT molecular complexity index is 466. The summed E-state index contributed by atoms with van der Waals surface area (Å²) < 4.78 is 0. The standard InChI is InChI=1S/C17H25N3.HI/c1-13-7-9-20(10-8-13)17(18)19-12-15-11-16(15)14-5-3-2-4-6-14;/h2-6,13,15-16H,7-12H2,1H3,(H2,18,19);1H. The summed E-state index contributed by atoms with van der Waals surface area (Å²) in [6.45, 7) is 5.35. The molecule has 1 aromatic rings. The molecule has 3 nitrogen and oxygen atoms in total. The van der Waals surface area contributed by atoms with Gasteiger partial charge in [0.2, 0.25) is 0 Å². The Labute approximate surface area is 145 Å². The van der Waals surface area contributed by atoms with Gasteiger partial charge in [-0.3, -0.25) is 4.99 Å². The number of likely N-dealkylation sites (tertiary alicyclic amines) is 1. The van der Waals surface area contributed by atoms with Crippen molar-refractivity contribution in [2.75, 3.05) is 19.6 Å². The smallest absolute Gasteiger partial charge is 0.191 e. The summed E-state index contributed by atoms with van der Waals surface area (Å²) in [6, 6.07) is 10.8. The number of hydrogen-bond acceptors (Lipinski definition) is 1. The maximum atomic E-state index is 6.13. The minimum Gasteiger partial charge on any atom is -0.370 e. The van der Waals surface area contributed by atoms with Crippen molar-refractivity contribution in [2.45, 2.75) is 32.1 Å². The van der Waals surface area contributed by atoms with Crippen LogP contribution in [0.3, 0.4) is 0 Å². The van der Waals surface area contributed by atoms with Gasteiger partial charge in [-0.2, -0.15) is 0 Å². The Morgan fingerprint density at radius 2 is 1.90 bits per heavy atom. The normalized spacial score (nSPS) is 26.3. The van der Waals surface area contributed by atoms with Crippen molar-refractivity contribution in [3.63, 3.8) is 0 Å². The van der Waals surface area contributed by atoms with Gasteiger partial charge >= 0.3 is 0 Å². The number of benzene rings is 1. The van der Waals surface area contributed by atoms with E-state index in [1.54, 1.807) is 0 Å². The molecule has 4 heteroatoms. The zero-order chi connectivity index (χ0) is 13.9. The fraction of sp³-hybridized carbons (Fsp3) is 0.588. The molecule has 2 aliphatic rings. The largest absolute Gasteiger partial charge is 0.370 e. The van der Waals surface area contributed by atoms with E-state index >= 15 is 0 Å². The second-order valence-electron chi connectivity index (χ2n) is 6.38. The van der Waals surface area contributed by atoms with E-state index in [9.17, 15) is 0 Å². The van der Waals surface area contributed by atoms with E-state index in [1.165, 1.54) is 24.8 Å². The maximum absolute atomic E-state index is 6.13. The number of guanidine groups is 1. The van der Waals surface area contributed by atoms with Gasteiger partial charge in [0.05, 0.1) is 0 Å². The molecule has 0 aromatic heterocycles. The fourth-order valence-electron chi connectivity index (χ4n) is 3.11. The highest BCUT2D eigenvalue weighted by Gasteiger charge is 2.37. The fourth-order valence-corrected chi connectivity index (χ4v) is 3.11. The monoisotopic (exact) mass is 399 g/mol. The minimum absolute atomic E-state index is 0. The Morgan fingerprint density at radius 3 is 2.57 bits per heavy atom. The van der Waals surface area contributed by atoms with Crippen molar-refractivity contribution < 1.29 is 0 Å². The van der Waals surface area contributed by atoms with Crippen LogP contribution >= 0.6 is 24.0 Å². The van der Waals surface area contributed by atoms with E-state index in [0.29, 0.717) is 11.8 Å². The van der Waals surface area contributed by atoms with Crippen molar-refractivity contribution >= 4 is 29.9 Å². The molecule has 1 saturated carbocycles. The third-order valence-corrected chi connectivity index (χ3v) is 4.75. The summed E-state index contributed by atoms with van der Waals surface area (Å²) in [4.78, 5) is 6.88. The third kappa shape index (κ3) is 4.34. The van der Waals surface area contributed by atoms with Crippen LogP contribution in [0.15, 0.2) is 35.3 Å². The lowest BCUT2D eigenvalue weighted by atomic mass is 10.00. The lowest BCUT2D eigenvalue weighted by molar-refractivity contribution is 0.277. The molecule has 1 heterocycles. The van der Waals surface area contributed by atoms with Gasteiger partial charge in [-0.15, -0.1) is 24.0 Å². The minimum atomic E-state index is 0. The van der Waals surface area contributed by atoms with Crippen molar-refractivity contribution in [3.05, 3.63) is 35.9 Å². The number of nitrogens with zero attached hydrogens (tertiary/aromatic N) is 2. The van der Waals surface area contributed by atoms with Crippen LogP contribution in [0.4, 0.5) is 0 Å². The number of nitrogens with two attached hydrogens (primary N) is 1. The number of aliphatic imine (C=N–C) groups is 1. The van der Waals surface area contributed by atoms with E-state index in [2.05, 4.69) is 47.1 Å². The number of piperidine rings is 1. The molecule has 21 heavy (non-hydrogen) atoms. The molecule has 2 N–H and O–H groups in total. The van der Waals surface area contributed by atoms with Crippen molar-refractivity contribution in [3.8, 4) is 0 Å². The van der Waals surface area contributed by atoms with Gasteiger partial charge < -0.3 is 10.6 Å². The Kier molecular flexibility index (Phi) is 5.90. The van der Waals surface area contributed by atoms with Crippen molar-refractivity contribution in [1.82, 2.24) is 4.90 Å². The average molecular weight is 399 g/mol. The van der Waals surface area contributed by atoms with E-state index in [0.717, 1.165) is 31.5 Å². The second kappa shape index (κ2) is 7.47. The van der Waals surface area contributed by atoms with Gasteiger partial charge in [0.1, 0.15) is 0 Å². The lowest BCUT2D eigenvalue weighted by Gasteiger charge is -2.31. The van der Waals surface area contributed by atoms with Crippen molar-refractivity contribution in [2.24, 2.45) is 22.6 Å². The molecular weight excluding hydrogens is 373 g/mol. The van der Waals surface area contributed by atoms with E-state index in [1.807, 2.05) is 0 Å². The molecule has 0 spiro atoms. The second-order valence-corrected chi connectivity index (χ2v) is 6.38. The van der Waals surface area contributed by atoms with Gasteiger partial charge in [0.15, 0.2) is 5.96 Å². The quantitative estimate of drug-likeness (QED) is 0.481. The molecule has 1 aromatic carbocycles. The van der Waals surface area contributed by atoms with Crippen LogP contribution in [-0.2, 0) is 0 Å². The highest BCUT2D eigenvalue weighted by molar-refractivity contribution is 14.0. The van der Waals surface area contributed by atoms with Crippen LogP contribution in [0, 0.1) is 11.8 Å². The van der Waals surface area contributed by atoms with Crippen LogP contribution in [0.5, 0.6) is 0 Å². The first kappa shape index (κ1) is 16.6. The molecule has 1 aliphatic carbocycles. The molecule has 1 saturated heterocycles. The highest BCUT2D eigenvalue weighted by atomic mass is 127. The SMILES string of the molecule is CC1CCN(C(N)=NCC2CC2c2ccccc2)CC1.I. The molecule has 0 bridgehead atoms. The molecule has 2 atom stereocenters. The Morgan fingerprint density at radius 1 is 1.24 bits per heavy atom. The summed E-state index contributed by atoms with van der Waals surface area (Å²) in [7, 11) is 0. The Hall–Kier alpha value is -0.780. The summed E-state index contributed by atoms with van der Waals surface area (Å²) in [5.74, 6) is 2.99. The first-order valence-electron chi connectivity index (χ1n) is 7.84. The van der Waals surface area contributed by atoms with Crippen molar-refractivity contribution in [1.29, 1.82) is 0 Å². The van der Waals surface area contributed by atoms with Crippen LogP contribution in [0.2, 0.25) is 0 Å². The molecular formula is C17H26IN3. The predicted molar refractivity (Wildman–Crippen MR) is 99.2 cm³/mol. The van der Waals surface area contributed by atoms with E-state index in [4.69, 9.17) is 5.73 Å². The van der Waals surface area contributed by atoms with Gasteiger partial charge in [0.25, 0.3) is 0 Å². The molecule has 0 amide bonds. The first-order valence-corrected chi connectivity index (χ1v) is 7.84. The molecule has 2 fully saturated rings. The van der Waals surface area contributed by atoms with Crippen LogP contribution < -0.4 is 5.73 Å². The molecule has 1 aliphatic heterocycles. The highest BCUT2D eigenvalue weighted by Crippen LogP contribution is 2.47. The van der Waals surface area contributed by atoms with Gasteiger partial charge in [-0.05, 0) is 42.6 Å². The zero-order valence-corrected chi connectivity index (χ0v) is 15.1. The van der Waals surface area contributed by atoms with E-state index in [-0.39, 0.29) is 24.0 Å². The third-order valence-electron chi connectivity index (χ3n) is 4.75. The lowest BCUT2D eigenvalue weighted by Crippen LogP contribution is -2.42. The van der Waals surface area contributed by atoms with Crippen LogP contribution in [0.25, 0.3) is 0 Å². The number of hydrogen-bond donors (Lipinski definition) is 1. The van der Waals surface area contributed by atoms with Crippen LogP contribution in [0.1, 0.15) is 37.7 Å². The topological polar surface area (TPSA) is 41.6 Å². The molecule has 3 rings (SSSR count). The summed E-state index contributed by atoms with van der Waals surface area (Å²) >= 11 is 0.